The SMILES string of the molecule is CC(CNC(=O)c1cnc2cc(N3CCOCC3)nc(OC3CCC(n4ccnc4)CC3)c2c1)c1nccn1C1CCC(Oc2nc(N3CCOCC3)cc3ncc(C(=O)N(C)C)cc23)CC1. The molecule has 2 amide bonds. The average molecular weight is 913 g/mol. The Morgan fingerprint density at radius 1 is 0.716 bits per heavy atom. The number of nitrogens with one attached hydrogen (secondary N) is 1. The van der Waals surface area contributed by atoms with E-state index in [4.69, 9.17) is 43.9 Å². The molecule has 4 fully saturated rings. The summed E-state index contributed by atoms with van der Waals surface area (Å²) in [7, 11) is 3.46. The molecule has 1 atom stereocenters. The van der Waals surface area contributed by atoms with Crippen molar-refractivity contribution < 1.29 is 28.5 Å². The van der Waals surface area contributed by atoms with Gasteiger partial charge in [0, 0.05) is 114 Å². The van der Waals surface area contributed by atoms with E-state index >= 15 is 0 Å². The number of morpholine rings is 2. The molecular weight excluding hydrogens is 853 g/mol. The van der Waals surface area contributed by atoms with Gasteiger partial charge in [-0.3, -0.25) is 19.6 Å². The van der Waals surface area contributed by atoms with Crippen LogP contribution in [0.1, 0.15) is 103 Å². The monoisotopic (exact) mass is 912 g/mol. The highest BCUT2D eigenvalue weighted by atomic mass is 16.5. The first kappa shape index (κ1) is 44.4. The number of fused-ring (bicyclic) bond motifs is 2. The number of rotatable bonds is 13. The third-order valence-corrected chi connectivity index (χ3v) is 13.7. The summed E-state index contributed by atoms with van der Waals surface area (Å²) in [5.74, 6) is 3.14. The maximum absolute atomic E-state index is 13.9. The molecule has 10 rings (SSSR count). The van der Waals surface area contributed by atoms with Crippen molar-refractivity contribution in [2.75, 3.05) is 83.0 Å². The summed E-state index contributed by atoms with van der Waals surface area (Å²) >= 11 is 0. The van der Waals surface area contributed by atoms with Crippen LogP contribution in [0.4, 0.5) is 11.6 Å². The Hall–Kier alpha value is -6.40. The summed E-state index contributed by atoms with van der Waals surface area (Å²) < 4.78 is 29.1. The number of anilines is 2. The maximum Gasteiger partial charge on any atom is 0.254 e. The molecule has 0 aromatic carbocycles. The zero-order chi connectivity index (χ0) is 45.9. The van der Waals surface area contributed by atoms with Gasteiger partial charge in [0.25, 0.3) is 11.8 Å². The molecule has 67 heavy (non-hydrogen) atoms. The van der Waals surface area contributed by atoms with E-state index in [0.29, 0.717) is 61.9 Å². The molecule has 6 aromatic rings. The zero-order valence-electron chi connectivity index (χ0n) is 38.6. The highest BCUT2D eigenvalue weighted by Gasteiger charge is 2.29. The maximum atomic E-state index is 13.9. The van der Waals surface area contributed by atoms with Gasteiger partial charge < -0.3 is 48.1 Å². The quantitative estimate of drug-likeness (QED) is 0.143. The van der Waals surface area contributed by atoms with Crippen LogP contribution in [-0.4, -0.2) is 141 Å². The lowest BCUT2D eigenvalue weighted by Gasteiger charge is -2.32. The first-order valence-corrected chi connectivity index (χ1v) is 23.8. The highest BCUT2D eigenvalue weighted by molar-refractivity contribution is 5.99. The molecule has 2 saturated heterocycles. The van der Waals surface area contributed by atoms with Gasteiger partial charge in [-0.05, 0) is 63.5 Å². The first-order chi connectivity index (χ1) is 32.7. The fourth-order valence-electron chi connectivity index (χ4n) is 9.91. The predicted molar refractivity (Wildman–Crippen MR) is 252 cm³/mol. The number of hydrogen-bond donors (Lipinski definition) is 1. The van der Waals surface area contributed by atoms with E-state index in [1.807, 2.05) is 55.4 Å². The molecule has 6 aromatic heterocycles. The molecule has 1 unspecified atom stereocenters. The van der Waals surface area contributed by atoms with Gasteiger partial charge in [0.2, 0.25) is 11.8 Å². The lowest BCUT2D eigenvalue weighted by molar-refractivity contribution is 0.0827. The van der Waals surface area contributed by atoms with Crippen LogP contribution in [0.3, 0.4) is 0 Å². The third-order valence-electron chi connectivity index (χ3n) is 13.7. The van der Waals surface area contributed by atoms with E-state index in [1.54, 1.807) is 31.4 Å². The Kier molecular flexibility index (Phi) is 13.2. The zero-order valence-corrected chi connectivity index (χ0v) is 38.6. The number of aromatic nitrogens is 8. The summed E-state index contributed by atoms with van der Waals surface area (Å²) in [6, 6.07) is 8.30. The Balaban J connectivity index is 0.795. The number of ether oxygens (including phenoxy) is 4. The van der Waals surface area contributed by atoms with Crippen molar-refractivity contribution in [3.63, 3.8) is 0 Å². The van der Waals surface area contributed by atoms with Crippen molar-refractivity contribution >= 4 is 45.3 Å². The molecule has 0 spiro atoms. The van der Waals surface area contributed by atoms with Gasteiger partial charge in [-0.25, -0.2) is 9.97 Å². The number of hydrogen-bond acceptors (Lipinski definition) is 14. The Labute approximate surface area is 390 Å². The van der Waals surface area contributed by atoms with Crippen molar-refractivity contribution in [2.24, 2.45) is 0 Å². The van der Waals surface area contributed by atoms with Gasteiger partial charge in [-0.2, -0.15) is 9.97 Å². The smallest absolute Gasteiger partial charge is 0.254 e. The minimum atomic E-state index is -0.215. The van der Waals surface area contributed by atoms with Gasteiger partial charge in [0.05, 0.1) is 65.7 Å². The van der Waals surface area contributed by atoms with Crippen LogP contribution in [0, 0.1) is 0 Å². The van der Waals surface area contributed by atoms with Crippen molar-refractivity contribution in [2.45, 2.75) is 88.5 Å². The van der Waals surface area contributed by atoms with Crippen molar-refractivity contribution in [1.82, 2.24) is 49.3 Å². The van der Waals surface area contributed by atoms with E-state index in [0.717, 1.165) is 117 Å². The Morgan fingerprint density at radius 2 is 1.27 bits per heavy atom. The number of carbonyl (C=O) groups excluding carboxylic acids is 2. The number of nitrogens with zero attached hydrogens (tertiary/aromatic N) is 11. The van der Waals surface area contributed by atoms with Crippen LogP contribution < -0.4 is 24.6 Å². The van der Waals surface area contributed by atoms with Crippen molar-refractivity contribution in [3.8, 4) is 11.8 Å². The second-order valence-corrected chi connectivity index (χ2v) is 18.5. The Bertz CT molecular complexity index is 2660. The average Bonchev–Trinajstić information content (AvgIpc) is 4.10. The van der Waals surface area contributed by atoms with Crippen LogP contribution >= 0.6 is 0 Å². The minimum absolute atomic E-state index is 0.00208. The van der Waals surface area contributed by atoms with E-state index in [1.165, 1.54) is 0 Å². The van der Waals surface area contributed by atoms with E-state index in [2.05, 4.69) is 36.2 Å². The second kappa shape index (κ2) is 19.8. The van der Waals surface area contributed by atoms with Gasteiger partial charge in [-0.1, -0.05) is 6.92 Å². The third kappa shape index (κ3) is 9.86. The van der Waals surface area contributed by atoms with Crippen molar-refractivity contribution in [3.05, 3.63) is 84.7 Å². The second-order valence-electron chi connectivity index (χ2n) is 18.5. The molecule has 2 saturated carbocycles. The number of pyridine rings is 4. The number of amides is 2. The summed E-state index contributed by atoms with van der Waals surface area (Å²) in [6.07, 6.45) is 20.0. The molecule has 18 nitrogen and oxygen atoms in total. The van der Waals surface area contributed by atoms with Gasteiger partial charge >= 0.3 is 0 Å². The molecule has 0 bridgehead atoms. The minimum Gasteiger partial charge on any atom is -0.474 e. The lowest BCUT2D eigenvalue weighted by Crippen LogP contribution is -2.37. The number of imidazole rings is 2. The van der Waals surface area contributed by atoms with E-state index < -0.39 is 0 Å². The van der Waals surface area contributed by atoms with E-state index in [9.17, 15) is 9.59 Å². The van der Waals surface area contributed by atoms with Crippen LogP contribution in [0.2, 0.25) is 0 Å². The molecule has 2 aliphatic carbocycles. The molecule has 0 radical (unpaired) electrons. The molecule has 352 valence electrons. The normalized spacial score (nSPS) is 21.8. The predicted octanol–water partition coefficient (Wildman–Crippen LogP) is 6.00. The molecule has 2 aliphatic heterocycles. The van der Waals surface area contributed by atoms with Gasteiger partial charge in [0.1, 0.15) is 29.7 Å². The van der Waals surface area contributed by atoms with E-state index in [-0.39, 0.29) is 36.0 Å². The molecular formula is C49H60N12O6. The van der Waals surface area contributed by atoms with Crippen LogP contribution in [0.5, 0.6) is 11.8 Å². The molecule has 4 aliphatic rings. The largest absolute Gasteiger partial charge is 0.474 e. The summed E-state index contributed by atoms with van der Waals surface area (Å²) in [5, 5.41) is 4.61. The fraction of sp³-hybridized carbons (Fsp3) is 0.510. The fourth-order valence-corrected chi connectivity index (χ4v) is 9.91. The first-order valence-electron chi connectivity index (χ1n) is 23.8. The van der Waals surface area contributed by atoms with Crippen molar-refractivity contribution in [1.29, 1.82) is 0 Å². The molecule has 18 heteroatoms. The standard InChI is InChI=1S/C49H60N12O6/c1-32(28-54-46(62)33-24-39-41(52-29-33)26-43(58-16-20-64-21-17-58)55-47(39)66-37-8-4-35(5-9-37)60-14-12-50-31-60)45-51-13-15-61(45)36-6-10-38(11-7-36)67-48-40-25-34(49(63)57(2)3)30-53-42(40)27-44(56-48)59-18-22-65-23-19-59/h12-15,24-27,29-32,35-38H,4-11,16-23,28H2,1-3H3,(H,54,62). The van der Waals surface area contributed by atoms with Crippen LogP contribution in [0.25, 0.3) is 21.8 Å². The van der Waals surface area contributed by atoms with Gasteiger partial charge in [-0.15, -0.1) is 0 Å². The number of carbonyl (C=O) groups is 2. The van der Waals surface area contributed by atoms with Crippen LogP contribution in [0.15, 0.2) is 67.8 Å². The van der Waals surface area contributed by atoms with Gasteiger partial charge in [0.15, 0.2) is 0 Å². The molecule has 1 N–H and O–H groups in total. The lowest BCUT2D eigenvalue weighted by atomic mass is 9.92. The summed E-state index contributed by atoms with van der Waals surface area (Å²) in [6.45, 7) is 7.98. The topological polar surface area (TPSA) is 180 Å². The van der Waals surface area contributed by atoms with Crippen LogP contribution in [-0.2, 0) is 9.47 Å². The Morgan fingerprint density at radius 3 is 1.82 bits per heavy atom. The summed E-state index contributed by atoms with van der Waals surface area (Å²) in [4.78, 5) is 61.3. The highest BCUT2D eigenvalue weighted by Crippen LogP contribution is 2.37. The molecule has 8 heterocycles. The summed E-state index contributed by atoms with van der Waals surface area (Å²) in [5.41, 5.74) is 2.41.